The Balaban J connectivity index is 1.78. The number of aromatic nitrogens is 2. The van der Waals surface area contributed by atoms with Crippen molar-refractivity contribution < 1.29 is 18.7 Å². The summed E-state index contributed by atoms with van der Waals surface area (Å²) < 4.78 is 28.9. The topological polar surface area (TPSA) is 66.0 Å². The predicted octanol–water partition coefficient (Wildman–Crippen LogP) is 4.44. The third-order valence-electron chi connectivity index (χ3n) is 5.73. The molecular weight excluding hydrogens is 338 g/mol. The first-order valence-electron chi connectivity index (χ1n) is 8.54. The molecule has 1 fully saturated rings. The Labute approximate surface area is 148 Å². The lowest BCUT2D eigenvalue weighted by atomic mass is 9.75. The van der Waals surface area contributed by atoms with Crippen molar-refractivity contribution in [2.24, 2.45) is 0 Å². The maximum absolute atomic E-state index is 14.9. The number of nitrogens with one attached hydrogen (secondary N) is 1. The lowest BCUT2D eigenvalue weighted by Gasteiger charge is -2.27. The number of carboxylic acids is 1. The van der Waals surface area contributed by atoms with Gasteiger partial charge in [0, 0.05) is 5.39 Å². The van der Waals surface area contributed by atoms with E-state index in [1.54, 1.807) is 31.3 Å². The van der Waals surface area contributed by atoms with Gasteiger partial charge in [-0.3, -0.25) is 9.89 Å². The second-order valence-corrected chi connectivity index (χ2v) is 7.04. The van der Waals surface area contributed by atoms with Crippen molar-refractivity contribution >= 4 is 16.9 Å². The van der Waals surface area contributed by atoms with E-state index >= 15 is 0 Å². The van der Waals surface area contributed by atoms with Crippen LogP contribution in [0.4, 0.5) is 8.78 Å². The molecular formula is C20H18F2N2O2. The zero-order chi connectivity index (χ0) is 18.5. The maximum Gasteiger partial charge on any atom is 0.314 e. The number of nitrogens with zero attached hydrogens (tertiary/aromatic N) is 1. The second-order valence-electron chi connectivity index (χ2n) is 7.04. The smallest absolute Gasteiger partial charge is 0.314 e. The van der Waals surface area contributed by atoms with E-state index in [0.29, 0.717) is 40.4 Å². The van der Waals surface area contributed by atoms with E-state index in [2.05, 4.69) is 10.2 Å². The van der Waals surface area contributed by atoms with Crippen molar-refractivity contribution in [2.75, 3.05) is 0 Å². The second kappa shape index (κ2) is 5.90. The standard InChI is InChI=1S/C20H18F2N2O2/c1-11-15(3-2-4-16(11)21)20(19(25)26)8-7-12(9-20)14-6-5-13-10-23-24-18(13)17(14)22/h2-6,10,12H,7-9H2,1H3,(H,23,24)(H,25,26)/t12?,20-/m0/s1. The van der Waals surface area contributed by atoms with E-state index in [1.807, 2.05) is 0 Å². The summed E-state index contributed by atoms with van der Waals surface area (Å²) in [4.78, 5) is 12.2. The highest BCUT2D eigenvalue weighted by molar-refractivity contribution is 5.83. The molecule has 0 saturated heterocycles. The van der Waals surface area contributed by atoms with E-state index < -0.39 is 17.2 Å². The normalized spacial score (nSPS) is 22.8. The minimum absolute atomic E-state index is 0.239. The Hall–Kier alpha value is -2.76. The fourth-order valence-corrected chi connectivity index (χ4v) is 4.30. The lowest BCUT2D eigenvalue weighted by molar-refractivity contribution is -0.143. The number of H-pyrrole nitrogens is 1. The van der Waals surface area contributed by atoms with E-state index in [4.69, 9.17) is 0 Å². The third kappa shape index (κ3) is 2.32. The predicted molar refractivity (Wildman–Crippen MR) is 93.1 cm³/mol. The largest absolute Gasteiger partial charge is 0.481 e. The zero-order valence-electron chi connectivity index (χ0n) is 14.2. The molecule has 1 unspecified atom stereocenters. The van der Waals surface area contributed by atoms with E-state index in [-0.39, 0.29) is 18.2 Å². The van der Waals surface area contributed by atoms with Crippen LogP contribution >= 0.6 is 0 Å². The van der Waals surface area contributed by atoms with Crippen LogP contribution in [0.25, 0.3) is 10.9 Å². The molecule has 1 aliphatic carbocycles. The molecule has 4 nitrogen and oxygen atoms in total. The lowest BCUT2D eigenvalue weighted by Crippen LogP contribution is -2.34. The van der Waals surface area contributed by atoms with Gasteiger partial charge < -0.3 is 5.11 Å². The van der Waals surface area contributed by atoms with Crippen molar-refractivity contribution in [2.45, 2.75) is 37.5 Å². The molecule has 2 aromatic carbocycles. The van der Waals surface area contributed by atoms with Gasteiger partial charge in [-0.1, -0.05) is 24.3 Å². The molecule has 0 bridgehead atoms. The number of carbonyl (C=O) groups is 1. The minimum atomic E-state index is -1.20. The van der Waals surface area contributed by atoms with Gasteiger partial charge in [-0.15, -0.1) is 0 Å². The highest BCUT2D eigenvalue weighted by Gasteiger charge is 2.48. The molecule has 26 heavy (non-hydrogen) atoms. The Kier molecular flexibility index (Phi) is 3.79. The van der Waals surface area contributed by atoms with Crippen LogP contribution in [0.5, 0.6) is 0 Å². The van der Waals surface area contributed by atoms with Crippen LogP contribution in [0.2, 0.25) is 0 Å². The number of benzene rings is 2. The number of hydrogen-bond acceptors (Lipinski definition) is 2. The minimum Gasteiger partial charge on any atom is -0.481 e. The summed E-state index contributed by atoms with van der Waals surface area (Å²) in [5.74, 6) is -2.04. The van der Waals surface area contributed by atoms with Gasteiger partial charge in [0.15, 0.2) is 5.82 Å². The zero-order valence-corrected chi connectivity index (χ0v) is 14.2. The van der Waals surface area contributed by atoms with Gasteiger partial charge in [-0.05, 0) is 54.9 Å². The first-order valence-corrected chi connectivity index (χ1v) is 8.54. The fraction of sp³-hybridized carbons (Fsp3) is 0.300. The quantitative estimate of drug-likeness (QED) is 0.729. The molecule has 2 N–H and O–H groups in total. The van der Waals surface area contributed by atoms with E-state index in [9.17, 15) is 18.7 Å². The van der Waals surface area contributed by atoms with Crippen LogP contribution in [0.15, 0.2) is 36.5 Å². The Morgan fingerprint density at radius 1 is 1.31 bits per heavy atom. The van der Waals surface area contributed by atoms with Gasteiger partial charge in [0.05, 0.1) is 11.6 Å². The van der Waals surface area contributed by atoms with Crippen LogP contribution in [-0.2, 0) is 10.2 Å². The molecule has 0 amide bonds. The summed E-state index contributed by atoms with van der Waals surface area (Å²) in [6.45, 7) is 1.60. The summed E-state index contributed by atoms with van der Waals surface area (Å²) in [5.41, 5.74) is 0.443. The van der Waals surface area contributed by atoms with Crippen LogP contribution in [-0.4, -0.2) is 21.3 Å². The summed E-state index contributed by atoms with van der Waals surface area (Å²) >= 11 is 0. The average Bonchev–Trinajstić information content (AvgIpc) is 3.26. The number of fused-ring (bicyclic) bond motifs is 1. The van der Waals surface area contributed by atoms with Gasteiger partial charge in [0.1, 0.15) is 11.3 Å². The van der Waals surface area contributed by atoms with Crippen molar-refractivity contribution in [3.63, 3.8) is 0 Å². The van der Waals surface area contributed by atoms with E-state index in [0.717, 1.165) is 0 Å². The van der Waals surface area contributed by atoms with Gasteiger partial charge in [-0.25, -0.2) is 8.78 Å². The van der Waals surface area contributed by atoms with Crippen molar-refractivity contribution in [3.05, 3.63) is 64.9 Å². The van der Waals surface area contributed by atoms with Crippen molar-refractivity contribution in [1.82, 2.24) is 10.2 Å². The number of halogens is 2. The number of rotatable bonds is 3. The monoisotopic (exact) mass is 356 g/mol. The van der Waals surface area contributed by atoms with Crippen molar-refractivity contribution in [1.29, 1.82) is 0 Å². The number of hydrogen-bond donors (Lipinski definition) is 2. The molecule has 1 heterocycles. The molecule has 1 saturated carbocycles. The molecule has 4 rings (SSSR count). The van der Waals surface area contributed by atoms with Gasteiger partial charge in [-0.2, -0.15) is 5.10 Å². The van der Waals surface area contributed by atoms with Crippen LogP contribution in [0.1, 0.15) is 41.9 Å². The molecule has 1 aliphatic rings. The van der Waals surface area contributed by atoms with Crippen molar-refractivity contribution in [3.8, 4) is 0 Å². The highest BCUT2D eigenvalue weighted by Crippen LogP contribution is 2.50. The third-order valence-corrected chi connectivity index (χ3v) is 5.73. The Bertz CT molecular complexity index is 1010. The fourth-order valence-electron chi connectivity index (χ4n) is 4.30. The van der Waals surface area contributed by atoms with Gasteiger partial charge >= 0.3 is 5.97 Å². The summed E-state index contributed by atoms with van der Waals surface area (Å²) in [6, 6.07) is 8.02. The van der Waals surface area contributed by atoms with Gasteiger partial charge in [0.25, 0.3) is 0 Å². The van der Waals surface area contributed by atoms with Gasteiger partial charge in [0.2, 0.25) is 0 Å². The molecule has 0 aliphatic heterocycles. The Morgan fingerprint density at radius 3 is 2.88 bits per heavy atom. The molecule has 0 radical (unpaired) electrons. The summed E-state index contributed by atoms with van der Waals surface area (Å²) in [5, 5.41) is 17.2. The number of aliphatic carboxylic acids is 1. The molecule has 1 aromatic heterocycles. The van der Waals surface area contributed by atoms with Crippen LogP contribution in [0.3, 0.4) is 0 Å². The summed E-state index contributed by atoms with van der Waals surface area (Å²) in [6.07, 6.45) is 2.66. The number of carboxylic acid groups (broad SMARTS) is 1. The SMILES string of the molecule is Cc1c(F)cccc1[C@]1(C(=O)O)CCC(c2ccc3cn[nH]c3c2F)C1. The van der Waals surface area contributed by atoms with Crippen LogP contribution in [0, 0.1) is 18.6 Å². The first kappa shape index (κ1) is 16.7. The number of aromatic amines is 1. The Morgan fingerprint density at radius 2 is 2.12 bits per heavy atom. The molecule has 134 valence electrons. The first-order chi connectivity index (χ1) is 12.4. The highest BCUT2D eigenvalue weighted by atomic mass is 19.1. The average molecular weight is 356 g/mol. The molecule has 0 spiro atoms. The summed E-state index contributed by atoms with van der Waals surface area (Å²) in [7, 11) is 0. The maximum atomic E-state index is 14.9. The van der Waals surface area contributed by atoms with E-state index in [1.165, 1.54) is 12.1 Å². The molecule has 6 heteroatoms. The van der Waals surface area contributed by atoms with Crippen LogP contribution < -0.4 is 0 Å². The molecule has 2 atom stereocenters. The molecule has 3 aromatic rings.